The van der Waals surface area contributed by atoms with Gasteiger partial charge in [0.2, 0.25) is 0 Å². The number of hydrogen-bond acceptors (Lipinski definition) is 3. The fourth-order valence-electron chi connectivity index (χ4n) is 2.04. The number of carbonyl (C=O) groups is 1. The van der Waals surface area contributed by atoms with Gasteiger partial charge >= 0.3 is 5.97 Å². The van der Waals surface area contributed by atoms with Gasteiger partial charge in [0.05, 0.1) is 16.8 Å². The zero-order chi connectivity index (χ0) is 15.8. The van der Waals surface area contributed by atoms with Gasteiger partial charge in [0, 0.05) is 11.1 Å². The van der Waals surface area contributed by atoms with Crippen molar-refractivity contribution in [3.8, 4) is 0 Å². The molecule has 0 aliphatic carbocycles. The summed E-state index contributed by atoms with van der Waals surface area (Å²) in [6.45, 7) is 8.60. The molecule has 4 nitrogen and oxygen atoms in total. The molecule has 0 saturated carbocycles. The predicted octanol–water partition coefficient (Wildman–Crippen LogP) is 4.47. The number of carboxylic acid groups (broad SMARTS) is 1. The summed E-state index contributed by atoms with van der Waals surface area (Å²) in [5, 5.41) is 10.3. The third-order valence-corrected chi connectivity index (χ3v) is 4.76. The monoisotopic (exact) mass is 326 g/mol. The summed E-state index contributed by atoms with van der Waals surface area (Å²) in [5.74, 6) is -0.853. The van der Waals surface area contributed by atoms with Crippen molar-refractivity contribution in [2.75, 3.05) is 5.75 Å². The third-order valence-electron chi connectivity index (χ3n) is 3.58. The number of imidazole rings is 1. The van der Waals surface area contributed by atoms with E-state index < -0.39 is 5.97 Å². The van der Waals surface area contributed by atoms with Crippen molar-refractivity contribution in [3.05, 3.63) is 23.2 Å². The highest BCUT2D eigenvalue weighted by Gasteiger charge is 2.26. The molecule has 1 aromatic heterocycles. The molecule has 1 N–H and O–H groups in total. The van der Waals surface area contributed by atoms with Crippen molar-refractivity contribution in [1.29, 1.82) is 0 Å². The molecule has 1 heterocycles. The molecule has 2 rings (SSSR count). The van der Waals surface area contributed by atoms with E-state index in [-0.39, 0.29) is 17.2 Å². The van der Waals surface area contributed by atoms with Gasteiger partial charge in [-0.15, -0.1) is 0 Å². The number of nitrogens with zero attached hydrogens (tertiary/aromatic N) is 2. The van der Waals surface area contributed by atoms with Crippen LogP contribution in [0.2, 0.25) is 5.02 Å². The summed E-state index contributed by atoms with van der Waals surface area (Å²) < 4.78 is 2.11. The number of halogens is 1. The highest BCUT2D eigenvalue weighted by atomic mass is 35.5. The van der Waals surface area contributed by atoms with E-state index in [1.54, 1.807) is 0 Å². The minimum absolute atomic E-state index is 0.00603. The van der Waals surface area contributed by atoms with Crippen LogP contribution in [0, 0.1) is 5.41 Å². The van der Waals surface area contributed by atoms with Crippen LogP contribution in [0.1, 0.15) is 33.7 Å². The summed E-state index contributed by atoms with van der Waals surface area (Å²) in [5.41, 5.74) is 1.81. The van der Waals surface area contributed by atoms with E-state index in [4.69, 9.17) is 16.7 Å². The lowest BCUT2D eigenvalue weighted by Gasteiger charge is -2.30. The maximum atomic E-state index is 10.8. The average molecular weight is 327 g/mol. The van der Waals surface area contributed by atoms with E-state index in [1.807, 2.05) is 18.2 Å². The van der Waals surface area contributed by atoms with Crippen LogP contribution in [0.4, 0.5) is 0 Å². The minimum Gasteiger partial charge on any atom is -0.481 e. The molecule has 0 saturated heterocycles. The van der Waals surface area contributed by atoms with Gasteiger partial charge in [-0.1, -0.05) is 44.1 Å². The molecular formula is C15H19ClN2O2S. The first-order valence-electron chi connectivity index (χ1n) is 6.72. The van der Waals surface area contributed by atoms with Gasteiger partial charge in [-0.2, -0.15) is 0 Å². The molecule has 21 heavy (non-hydrogen) atoms. The Kier molecular flexibility index (Phi) is 4.54. The lowest BCUT2D eigenvalue weighted by molar-refractivity contribution is -0.133. The molecule has 1 aromatic carbocycles. The second-order valence-electron chi connectivity index (χ2n) is 6.12. The summed E-state index contributed by atoms with van der Waals surface area (Å²) in [6, 6.07) is 5.77. The quantitative estimate of drug-likeness (QED) is 0.842. The Bertz CT molecular complexity index is 676. The summed E-state index contributed by atoms with van der Waals surface area (Å²) >= 11 is 7.27. The summed E-state index contributed by atoms with van der Waals surface area (Å²) in [4.78, 5) is 15.4. The summed E-state index contributed by atoms with van der Waals surface area (Å²) in [6.07, 6.45) is 0. The lowest BCUT2D eigenvalue weighted by atomic mass is 9.88. The van der Waals surface area contributed by atoms with Crippen LogP contribution in [0.15, 0.2) is 23.4 Å². The zero-order valence-corrected chi connectivity index (χ0v) is 14.1. The number of thioether (sulfide) groups is 1. The van der Waals surface area contributed by atoms with Crippen LogP contribution >= 0.6 is 23.4 Å². The van der Waals surface area contributed by atoms with Crippen LogP contribution < -0.4 is 0 Å². The van der Waals surface area contributed by atoms with E-state index in [1.165, 1.54) is 11.8 Å². The van der Waals surface area contributed by atoms with Crippen molar-refractivity contribution < 1.29 is 9.90 Å². The van der Waals surface area contributed by atoms with E-state index >= 15 is 0 Å². The molecule has 0 radical (unpaired) electrons. The number of fused-ring (bicyclic) bond motifs is 1. The SMILES string of the molecule is CC(n1c(SCC(=O)O)nc2cc(Cl)ccc21)C(C)(C)C. The normalized spacial score (nSPS) is 13.6. The lowest BCUT2D eigenvalue weighted by Crippen LogP contribution is -2.22. The standard InChI is InChI=1S/C15H19ClN2O2S/c1-9(15(2,3)4)18-12-6-5-10(16)7-11(12)17-14(18)21-8-13(19)20/h5-7,9H,8H2,1-4H3,(H,19,20). The second-order valence-corrected chi connectivity index (χ2v) is 7.50. The van der Waals surface area contributed by atoms with Crippen LogP contribution in [-0.4, -0.2) is 26.4 Å². The van der Waals surface area contributed by atoms with Crippen LogP contribution in [0.25, 0.3) is 11.0 Å². The fourth-order valence-corrected chi connectivity index (χ4v) is 3.02. The number of hydrogen-bond donors (Lipinski definition) is 1. The first kappa shape index (κ1) is 16.2. The minimum atomic E-state index is -0.847. The zero-order valence-electron chi connectivity index (χ0n) is 12.6. The molecule has 114 valence electrons. The van der Waals surface area contributed by atoms with Crippen molar-refractivity contribution in [3.63, 3.8) is 0 Å². The second kappa shape index (κ2) is 5.89. The molecular weight excluding hydrogens is 308 g/mol. The Hall–Kier alpha value is -1.20. The van der Waals surface area contributed by atoms with Gasteiger partial charge in [-0.05, 0) is 30.5 Å². The molecule has 1 unspecified atom stereocenters. The Morgan fingerprint density at radius 3 is 2.71 bits per heavy atom. The first-order chi connectivity index (χ1) is 9.70. The maximum Gasteiger partial charge on any atom is 0.313 e. The Balaban J connectivity index is 2.57. The van der Waals surface area contributed by atoms with E-state index in [0.29, 0.717) is 5.02 Å². The van der Waals surface area contributed by atoms with Crippen molar-refractivity contribution in [2.45, 2.75) is 38.9 Å². The molecule has 2 aromatic rings. The number of carboxylic acids is 1. The highest BCUT2D eigenvalue weighted by molar-refractivity contribution is 7.99. The molecule has 0 amide bonds. The van der Waals surface area contributed by atoms with Crippen molar-refractivity contribution in [2.24, 2.45) is 5.41 Å². The fraction of sp³-hybridized carbons (Fsp3) is 0.467. The van der Waals surface area contributed by atoms with Crippen molar-refractivity contribution >= 4 is 40.4 Å². The number of aromatic nitrogens is 2. The maximum absolute atomic E-state index is 10.8. The number of rotatable bonds is 4. The predicted molar refractivity (Wildman–Crippen MR) is 87.3 cm³/mol. The molecule has 0 spiro atoms. The summed E-state index contributed by atoms with van der Waals surface area (Å²) in [7, 11) is 0. The van der Waals surface area contributed by atoms with Gasteiger partial charge in [0.15, 0.2) is 5.16 Å². The smallest absolute Gasteiger partial charge is 0.313 e. The molecule has 0 fully saturated rings. The molecule has 1 atom stereocenters. The van der Waals surface area contributed by atoms with Gasteiger partial charge in [0.25, 0.3) is 0 Å². The van der Waals surface area contributed by atoms with Crippen LogP contribution in [0.3, 0.4) is 0 Å². The molecule has 0 aliphatic heterocycles. The molecule has 0 bridgehead atoms. The molecule has 0 aliphatic rings. The largest absolute Gasteiger partial charge is 0.481 e. The van der Waals surface area contributed by atoms with Crippen LogP contribution in [-0.2, 0) is 4.79 Å². The third kappa shape index (κ3) is 3.52. The number of benzene rings is 1. The molecule has 6 heteroatoms. The van der Waals surface area contributed by atoms with E-state index in [2.05, 4.69) is 37.2 Å². The topological polar surface area (TPSA) is 55.1 Å². The number of aliphatic carboxylic acids is 1. The average Bonchev–Trinajstić information content (AvgIpc) is 2.71. The van der Waals surface area contributed by atoms with E-state index in [9.17, 15) is 4.79 Å². The van der Waals surface area contributed by atoms with Gasteiger partial charge < -0.3 is 9.67 Å². The Labute approximate surface area is 133 Å². The van der Waals surface area contributed by atoms with Crippen molar-refractivity contribution in [1.82, 2.24) is 9.55 Å². The highest BCUT2D eigenvalue weighted by Crippen LogP contribution is 2.37. The Morgan fingerprint density at radius 2 is 2.14 bits per heavy atom. The van der Waals surface area contributed by atoms with Gasteiger partial charge in [-0.25, -0.2) is 4.98 Å². The van der Waals surface area contributed by atoms with Gasteiger partial charge in [0.1, 0.15) is 0 Å². The first-order valence-corrected chi connectivity index (χ1v) is 8.08. The van der Waals surface area contributed by atoms with Gasteiger partial charge in [-0.3, -0.25) is 4.79 Å². The Morgan fingerprint density at radius 1 is 1.48 bits per heavy atom. The van der Waals surface area contributed by atoms with E-state index in [0.717, 1.165) is 16.2 Å². The van der Waals surface area contributed by atoms with Crippen LogP contribution in [0.5, 0.6) is 0 Å².